The van der Waals surface area contributed by atoms with E-state index in [1.54, 1.807) is 0 Å². The van der Waals surface area contributed by atoms with Gasteiger partial charge in [0.15, 0.2) is 0 Å². The highest BCUT2D eigenvalue weighted by molar-refractivity contribution is 7.89. The molecule has 0 aromatic rings. The molecule has 0 bridgehead atoms. The minimum Gasteiger partial charge on any atom is -0.384 e. The first-order valence-corrected chi connectivity index (χ1v) is 6.28. The second-order valence-electron chi connectivity index (χ2n) is 2.74. The number of hydrogen-bond donors (Lipinski definition) is 1. The third-order valence-corrected chi connectivity index (χ3v) is 3.23. The molecule has 0 aromatic heterocycles. The van der Waals surface area contributed by atoms with Gasteiger partial charge in [0.25, 0.3) is 0 Å². The number of halogens is 1. The Morgan fingerprint density at radius 2 is 2.00 bits per heavy atom. The highest BCUT2D eigenvalue weighted by Gasteiger charge is 2.16. The van der Waals surface area contributed by atoms with Crippen LogP contribution in [-0.2, 0) is 19.5 Å². The van der Waals surface area contributed by atoms with Crippen molar-refractivity contribution in [2.45, 2.75) is 6.04 Å². The van der Waals surface area contributed by atoms with E-state index >= 15 is 0 Å². The largest absolute Gasteiger partial charge is 0.384 e. The molecule has 0 fully saturated rings. The van der Waals surface area contributed by atoms with E-state index in [1.165, 1.54) is 14.2 Å². The molecule has 86 valence electrons. The molecule has 0 aliphatic carbocycles. The summed E-state index contributed by atoms with van der Waals surface area (Å²) in [6.45, 7) is 0.424. The summed E-state index contributed by atoms with van der Waals surface area (Å²) in [5.41, 5.74) is 0. The zero-order chi connectivity index (χ0) is 11.0. The lowest BCUT2D eigenvalue weighted by atomic mass is 10.4. The third-order valence-electron chi connectivity index (χ3n) is 1.46. The molecule has 0 aliphatic heterocycles. The van der Waals surface area contributed by atoms with Gasteiger partial charge in [-0.15, -0.1) is 11.6 Å². The number of sulfonamides is 1. The van der Waals surface area contributed by atoms with Gasteiger partial charge >= 0.3 is 0 Å². The highest BCUT2D eigenvalue weighted by atomic mass is 35.5. The van der Waals surface area contributed by atoms with Crippen LogP contribution in [0.1, 0.15) is 0 Å². The van der Waals surface area contributed by atoms with Crippen LogP contribution in [0.25, 0.3) is 0 Å². The highest BCUT2D eigenvalue weighted by Crippen LogP contribution is 1.94. The molecular weight excluding hydrogens is 230 g/mol. The summed E-state index contributed by atoms with van der Waals surface area (Å²) in [5.74, 6) is 0.112. The minimum atomic E-state index is -3.32. The maximum Gasteiger partial charge on any atom is 0.214 e. The quantitative estimate of drug-likeness (QED) is 0.602. The number of alkyl halides is 1. The maximum absolute atomic E-state index is 11.3. The fourth-order valence-electron chi connectivity index (χ4n) is 0.817. The van der Waals surface area contributed by atoms with Gasteiger partial charge in [-0.1, -0.05) is 0 Å². The van der Waals surface area contributed by atoms with Crippen molar-refractivity contribution in [2.24, 2.45) is 0 Å². The SMILES string of the molecule is COCCS(=O)(=O)NC(CCl)COC. The van der Waals surface area contributed by atoms with E-state index in [4.69, 9.17) is 16.3 Å². The van der Waals surface area contributed by atoms with Crippen LogP contribution in [0, 0.1) is 0 Å². The first-order chi connectivity index (χ1) is 6.55. The Labute approximate surface area is 89.8 Å². The van der Waals surface area contributed by atoms with Crippen LogP contribution in [0.4, 0.5) is 0 Å². The molecular formula is C7H16ClNO4S. The molecule has 0 heterocycles. The molecule has 0 saturated carbocycles. The van der Waals surface area contributed by atoms with Gasteiger partial charge in [-0.3, -0.25) is 0 Å². The third kappa shape index (κ3) is 6.56. The van der Waals surface area contributed by atoms with E-state index in [-0.39, 0.29) is 30.9 Å². The Kier molecular flexibility index (Phi) is 7.48. The van der Waals surface area contributed by atoms with Gasteiger partial charge in [0, 0.05) is 20.1 Å². The normalized spacial score (nSPS) is 14.2. The number of hydrogen-bond acceptors (Lipinski definition) is 4. The van der Waals surface area contributed by atoms with Crippen LogP contribution in [0.3, 0.4) is 0 Å². The van der Waals surface area contributed by atoms with Crippen LogP contribution in [-0.4, -0.2) is 53.5 Å². The van der Waals surface area contributed by atoms with Crippen molar-refractivity contribution in [3.05, 3.63) is 0 Å². The molecule has 7 heteroatoms. The lowest BCUT2D eigenvalue weighted by molar-refractivity contribution is 0.180. The van der Waals surface area contributed by atoms with Gasteiger partial charge in [-0.05, 0) is 0 Å². The Morgan fingerprint density at radius 3 is 2.43 bits per heavy atom. The summed E-state index contributed by atoms with van der Waals surface area (Å²) < 4.78 is 34.5. The van der Waals surface area contributed by atoms with Gasteiger partial charge in [0.05, 0.1) is 25.0 Å². The molecule has 0 radical (unpaired) electrons. The first kappa shape index (κ1) is 14.1. The van der Waals surface area contributed by atoms with Crippen molar-refractivity contribution < 1.29 is 17.9 Å². The van der Waals surface area contributed by atoms with Crippen LogP contribution in [0.15, 0.2) is 0 Å². The van der Waals surface area contributed by atoms with E-state index in [9.17, 15) is 8.42 Å². The summed E-state index contributed by atoms with van der Waals surface area (Å²) in [6, 6.07) is -0.386. The zero-order valence-electron chi connectivity index (χ0n) is 8.32. The average Bonchev–Trinajstić information content (AvgIpc) is 2.14. The lowest BCUT2D eigenvalue weighted by Gasteiger charge is -2.14. The van der Waals surface area contributed by atoms with Crippen molar-refractivity contribution in [3.63, 3.8) is 0 Å². The second-order valence-corrected chi connectivity index (χ2v) is 4.92. The predicted molar refractivity (Wildman–Crippen MR) is 55.2 cm³/mol. The van der Waals surface area contributed by atoms with Gasteiger partial charge in [-0.2, -0.15) is 0 Å². The first-order valence-electron chi connectivity index (χ1n) is 4.09. The fraction of sp³-hybridized carbons (Fsp3) is 1.00. The van der Waals surface area contributed by atoms with Crippen molar-refractivity contribution in [1.82, 2.24) is 4.72 Å². The number of nitrogens with one attached hydrogen (secondary N) is 1. The smallest absolute Gasteiger partial charge is 0.214 e. The Morgan fingerprint density at radius 1 is 1.36 bits per heavy atom. The molecule has 1 N–H and O–H groups in total. The number of ether oxygens (including phenoxy) is 2. The van der Waals surface area contributed by atoms with Crippen molar-refractivity contribution in [3.8, 4) is 0 Å². The molecule has 1 unspecified atom stereocenters. The van der Waals surface area contributed by atoms with Gasteiger partial charge in [0.1, 0.15) is 0 Å². The Bertz CT molecular complexity index is 232. The second kappa shape index (κ2) is 7.42. The lowest BCUT2D eigenvalue weighted by Crippen LogP contribution is -2.41. The number of methoxy groups -OCH3 is 2. The summed E-state index contributed by atoms with van der Waals surface area (Å²) >= 11 is 5.55. The minimum absolute atomic E-state index is 0.0688. The standard InChI is InChI=1S/C7H16ClNO4S/c1-12-3-4-14(10,11)9-7(5-8)6-13-2/h7,9H,3-6H2,1-2H3. The zero-order valence-corrected chi connectivity index (χ0v) is 9.90. The van der Waals surface area contributed by atoms with Crippen molar-refractivity contribution in [1.29, 1.82) is 0 Å². The molecule has 0 aromatic carbocycles. The molecule has 0 rings (SSSR count). The Hall–Kier alpha value is 0.120. The average molecular weight is 246 g/mol. The topological polar surface area (TPSA) is 64.6 Å². The van der Waals surface area contributed by atoms with Crippen molar-refractivity contribution >= 4 is 21.6 Å². The molecule has 1 atom stereocenters. The predicted octanol–water partition coefficient (Wildman–Crippen LogP) is -0.194. The summed E-state index contributed by atoms with van der Waals surface area (Å²) in [4.78, 5) is 0. The molecule has 0 amide bonds. The van der Waals surface area contributed by atoms with Crippen LogP contribution in [0.5, 0.6) is 0 Å². The molecule has 0 spiro atoms. The van der Waals surface area contributed by atoms with E-state index < -0.39 is 10.0 Å². The summed E-state index contributed by atoms with van der Waals surface area (Å²) in [6.07, 6.45) is 0. The van der Waals surface area contributed by atoms with Gasteiger partial charge in [0.2, 0.25) is 10.0 Å². The fourth-order valence-corrected chi connectivity index (χ4v) is 2.24. The summed E-state index contributed by atoms with van der Waals surface area (Å²) in [5, 5.41) is 0. The molecule has 14 heavy (non-hydrogen) atoms. The van der Waals surface area contributed by atoms with E-state index in [2.05, 4.69) is 9.46 Å². The van der Waals surface area contributed by atoms with Crippen LogP contribution < -0.4 is 4.72 Å². The monoisotopic (exact) mass is 245 g/mol. The van der Waals surface area contributed by atoms with E-state index in [0.29, 0.717) is 0 Å². The maximum atomic E-state index is 11.3. The van der Waals surface area contributed by atoms with Gasteiger partial charge in [-0.25, -0.2) is 13.1 Å². The van der Waals surface area contributed by atoms with E-state index in [0.717, 1.165) is 0 Å². The van der Waals surface area contributed by atoms with Crippen LogP contribution in [0.2, 0.25) is 0 Å². The van der Waals surface area contributed by atoms with E-state index in [1.807, 2.05) is 0 Å². The molecule has 5 nitrogen and oxygen atoms in total. The summed E-state index contributed by atoms with van der Waals surface area (Å²) in [7, 11) is -0.379. The molecule has 0 aliphatic rings. The molecule has 0 saturated heterocycles. The van der Waals surface area contributed by atoms with Gasteiger partial charge < -0.3 is 9.47 Å². The van der Waals surface area contributed by atoms with Crippen molar-refractivity contribution in [2.75, 3.05) is 39.1 Å². The Balaban J connectivity index is 4.04. The van der Waals surface area contributed by atoms with Crippen LogP contribution >= 0.6 is 11.6 Å². The number of rotatable bonds is 8.